The molecule has 62 valence electrons. The Hall–Kier alpha value is -0.670. The molecule has 1 atom stereocenters. The van der Waals surface area contributed by atoms with Gasteiger partial charge in [0.1, 0.15) is 5.82 Å². The quantitative estimate of drug-likeness (QED) is 0.695. The fourth-order valence-electron chi connectivity index (χ4n) is 0.638. The fourth-order valence-corrected chi connectivity index (χ4v) is 0.638. The molecular formula is C7H12ClN3. The van der Waals surface area contributed by atoms with Crippen LogP contribution >= 0.6 is 12.4 Å². The first-order chi connectivity index (χ1) is 4.70. The third-order valence-electron chi connectivity index (χ3n) is 1.33. The summed E-state index contributed by atoms with van der Waals surface area (Å²) in [5.74, 6) is 0.782. The maximum absolute atomic E-state index is 5.58. The number of aromatic nitrogens is 2. The van der Waals surface area contributed by atoms with Crippen molar-refractivity contribution in [3.63, 3.8) is 0 Å². The van der Waals surface area contributed by atoms with Crippen LogP contribution in [0.1, 0.15) is 24.4 Å². The van der Waals surface area contributed by atoms with Crippen molar-refractivity contribution in [2.75, 3.05) is 0 Å². The Labute approximate surface area is 72.5 Å². The van der Waals surface area contributed by atoms with Crippen LogP contribution in [0.2, 0.25) is 0 Å². The second-order valence-corrected chi connectivity index (χ2v) is 2.35. The van der Waals surface area contributed by atoms with Gasteiger partial charge >= 0.3 is 0 Å². The molecule has 0 fully saturated rings. The van der Waals surface area contributed by atoms with Crippen molar-refractivity contribution in [3.8, 4) is 0 Å². The number of nitrogens with zero attached hydrogens (tertiary/aromatic N) is 2. The van der Waals surface area contributed by atoms with E-state index in [4.69, 9.17) is 5.73 Å². The normalized spacial score (nSPS) is 11.9. The maximum Gasteiger partial charge on any atom is 0.125 e. The van der Waals surface area contributed by atoms with Crippen molar-refractivity contribution in [3.05, 3.63) is 23.8 Å². The molecule has 1 rings (SSSR count). The second kappa shape index (κ2) is 4.26. The average molecular weight is 174 g/mol. The molecular weight excluding hydrogens is 162 g/mol. The number of hydrogen-bond donors (Lipinski definition) is 1. The van der Waals surface area contributed by atoms with Crippen LogP contribution < -0.4 is 5.73 Å². The first-order valence-electron chi connectivity index (χ1n) is 3.24. The maximum atomic E-state index is 5.58. The van der Waals surface area contributed by atoms with E-state index in [-0.39, 0.29) is 18.4 Å². The molecule has 0 saturated heterocycles. The van der Waals surface area contributed by atoms with Gasteiger partial charge in [0, 0.05) is 24.0 Å². The summed E-state index contributed by atoms with van der Waals surface area (Å²) in [7, 11) is 0. The zero-order valence-electron chi connectivity index (χ0n) is 6.61. The number of nitrogens with two attached hydrogens (primary N) is 1. The summed E-state index contributed by atoms with van der Waals surface area (Å²) in [5, 5.41) is 0. The van der Waals surface area contributed by atoms with Gasteiger partial charge in [-0.2, -0.15) is 0 Å². The topological polar surface area (TPSA) is 51.8 Å². The SMILES string of the molecule is Cc1ncc([C@@H](C)N)cn1.Cl. The Bertz CT molecular complexity index is 207. The lowest BCUT2D eigenvalue weighted by Crippen LogP contribution is -2.06. The van der Waals surface area contributed by atoms with E-state index in [0.29, 0.717) is 0 Å². The minimum Gasteiger partial charge on any atom is -0.324 e. The highest BCUT2D eigenvalue weighted by molar-refractivity contribution is 5.85. The van der Waals surface area contributed by atoms with Gasteiger partial charge in [0.2, 0.25) is 0 Å². The van der Waals surface area contributed by atoms with Crippen LogP contribution in [-0.4, -0.2) is 9.97 Å². The molecule has 1 aromatic rings. The Morgan fingerprint density at radius 2 is 1.82 bits per heavy atom. The van der Waals surface area contributed by atoms with Crippen molar-refractivity contribution in [1.82, 2.24) is 9.97 Å². The highest BCUT2D eigenvalue weighted by Gasteiger charge is 1.97. The minimum absolute atomic E-state index is 0. The molecule has 0 unspecified atom stereocenters. The molecule has 0 saturated carbocycles. The van der Waals surface area contributed by atoms with Gasteiger partial charge < -0.3 is 5.73 Å². The number of aryl methyl sites for hydroxylation is 1. The molecule has 3 nitrogen and oxygen atoms in total. The molecule has 0 aliphatic carbocycles. The van der Waals surface area contributed by atoms with Gasteiger partial charge in [-0.3, -0.25) is 0 Å². The summed E-state index contributed by atoms with van der Waals surface area (Å²) in [6.07, 6.45) is 3.51. The van der Waals surface area contributed by atoms with Crippen LogP contribution in [0.3, 0.4) is 0 Å². The first-order valence-corrected chi connectivity index (χ1v) is 3.24. The van der Waals surface area contributed by atoms with Crippen LogP contribution in [0.15, 0.2) is 12.4 Å². The fraction of sp³-hybridized carbons (Fsp3) is 0.429. The van der Waals surface area contributed by atoms with Crippen LogP contribution in [0.4, 0.5) is 0 Å². The zero-order chi connectivity index (χ0) is 7.56. The second-order valence-electron chi connectivity index (χ2n) is 2.35. The Morgan fingerprint density at radius 3 is 2.18 bits per heavy atom. The summed E-state index contributed by atoms with van der Waals surface area (Å²) in [5.41, 5.74) is 6.56. The Morgan fingerprint density at radius 1 is 1.36 bits per heavy atom. The van der Waals surface area contributed by atoms with Gasteiger partial charge in [0.25, 0.3) is 0 Å². The molecule has 11 heavy (non-hydrogen) atoms. The summed E-state index contributed by atoms with van der Waals surface area (Å²) in [4.78, 5) is 8.02. The van der Waals surface area contributed by atoms with E-state index in [9.17, 15) is 0 Å². The highest BCUT2D eigenvalue weighted by Crippen LogP contribution is 2.04. The highest BCUT2D eigenvalue weighted by atomic mass is 35.5. The number of rotatable bonds is 1. The third-order valence-corrected chi connectivity index (χ3v) is 1.33. The molecule has 1 heterocycles. The average Bonchev–Trinajstić information content (AvgIpc) is 1.88. The largest absolute Gasteiger partial charge is 0.324 e. The van der Waals surface area contributed by atoms with E-state index in [2.05, 4.69) is 9.97 Å². The van der Waals surface area contributed by atoms with Gasteiger partial charge in [-0.25, -0.2) is 9.97 Å². The molecule has 2 N–H and O–H groups in total. The smallest absolute Gasteiger partial charge is 0.125 e. The molecule has 0 aliphatic rings. The van der Waals surface area contributed by atoms with Gasteiger partial charge in [-0.05, 0) is 13.8 Å². The molecule has 4 heteroatoms. The molecule has 0 aromatic carbocycles. The molecule has 0 aliphatic heterocycles. The van der Waals surface area contributed by atoms with Gasteiger partial charge in [-0.1, -0.05) is 0 Å². The Balaban J connectivity index is 0.000001000. The third kappa shape index (κ3) is 2.82. The van der Waals surface area contributed by atoms with Gasteiger partial charge in [0.15, 0.2) is 0 Å². The minimum atomic E-state index is 0. The summed E-state index contributed by atoms with van der Waals surface area (Å²) >= 11 is 0. The lowest BCUT2D eigenvalue weighted by Gasteiger charge is -2.02. The lowest BCUT2D eigenvalue weighted by molar-refractivity contribution is 0.797. The first kappa shape index (κ1) is 10.3. The van der Waals surface area contributed by atoms with Crippen molar-refractivity contribution in [2.45, 2.75) is 19.9 Å². The predicted molar refractivity (Wildman–Crippen MR) is 46.6 cm³/mol. The van der Waals surface area contributed by atoms with Crippen LogP contribution in [0, 0.1) is 6.92 Å². The molecule has 0 bridgehead atoms. The van der Waals surface area contributed by atoms with Crippen molar-refractivity contribution in [1.29, 1.82) is 0 Å². The van der Waals surface area contributed by atoms with Crippen molar-refractivity contribution in [2.24, 2.45) is 5.73 Å². The van der Waals surface area contributed by atoms with E-state index >= 15 is 0 Å². The van der Waals surface area contributed by atoms with E-state index < -0.39 is 0 Å². The summed E-state index contributed by atoms with van der Waals surface area (Å²) < 4.78 is 0. The van der Waals surface area contributed by atoms with Crippen LogP contribution in [-0.2, 0) is 0 Å². The van der Waals surface area contributed by atoms with E-state index in [1.807, 2.05) is 13.8 Å². The van der Waals surface area contributed by atoms with Crippen LogP contribution in [0.25, 0.3) is 0 Å². The Kier molecular flexibility index (Phi) is 4.00. The number of halogens is 1. The molecule has 0 radical (unpaired) electrons. The zero-order valence-corrected chi connectivity index (χ0v) is 7.43. The van der Waals surface area contributed by atoms with E-state index in [0.717, 1.165) is 11.4 Å². The predicted octanol–water partition coefficient (Wildman–Crippen LogP) is 1.23. The summed E-state index contributed by atoms with van der Waals surface area (Å²) in [6, 6.07) is 0.0283. The number of hydrogen-bond acceptors (Lipinski definition) is 3. The standard InChI is InChI=1S/C7H11N3.ClH/c1-5(8)7-3-9-6(2)10-4-7;/h3-5H,8H2,1-2H3;1H/t5-;/m1./s1. The van der Waals surface area contributed by atoms with E-state index in [1.54, 1.807) is 12.4 Å². The molecule has 0 amide bonds. The lowest BCUT2D eigenvalue weighted by atomic mass is 10.2. The summed E-state index contributed by atoms with van der Waals surface area (Å²) in [6.45, 7) is 3.76. The molecule has 0 spiro atoms. The van der Waals surface area contributed by atoms with Gasteiger partial charge in [0.05, 0.1) is 0 Å². The van der Waals surface area contributed by atoms with Gasteiger partial charge in [-0.15, -0.1) is 12.4 Å². The van der Waals surface area contributed by atoms with Crippen molar-refractivity contribution < 1.29 is 0 Å². The van der Waals surface area contributed by atoms with E-state index in [1.165, 1.54) is 0 Å². The van der Waals surface area contributed by atoms with Crippen LogP contribution in [0.5, 0.6) is 0 Å². The molecule has 1 aromatic heterocycles. The van der Waals surface area contributed by atoms with Crippen molar-refractivity contribution >= 4 is 12.4 Å². The monoisotopic (exact) mass is 173 g/mol.